The second kappa shape index (κ2) is 16.4. The molecule has 0 heterocycles. The summed E-state index contributed by atoms with van der Waals surface area (Å²) in [5, 5.41) is 0. The molecule has 1 aromatic carbocycles. The third-order valence-corrected chi connectivity index (χ3v) is 2.78. The van der Waals surface area contributed by atoms with Crippen molar-refractivity contribution in [1.29, 1.82) is 0 Å². The summed E-state index contributed by atoms with van der Waals surface area (Å²) in [5.41, 5.74) is 6.14. The molecule has 0 aliphatic heterocycles. The minimum absolute atomic E-state index is 0.763. The zero-order valence-corrected chi connectivity index (χ0v) is 15.2. The van der Waals surface area contributed by atoms with Crippen molar-refractivity contribution in [2.75, 3.05) is 36.9 Å². The topological polar surface area (TPSA) is 46.3 Å². The number of rotatable bonds is 5. The molecule has 0 bridgehead atoms. The minimum atomic E-state index is 0.763. The molecule has 0 aliphatic carbocycles. The van der Waals surface area contributed by atoms with Gasteiger partial charge in [0.25, 0.3) is 0 Å². The Balaban J connectivity index is 0. The Morgan fingerprint density at radius 3 is 1.79 bits per heavy atom. The van der Waals surface area contributed by atoms with E-state index in [4.69, 9.17) is 47.1 Å². The second-order valence-electron chi connectivity index (χ2n) is 3.41. The molecule has 0 spiro atoms. The fraction of sp³-hybridized carbons (Fsp3) is 0.500. The second-order valence-corrected chi connectivity index (χ2v) is 4.70. The van der Waals surface area contributed by atoms with Crippen molar-refractivity contribution >= 4 is 43.6 Å². The van der Waals surface area contributed by atoms with Crippen LogP contribution < -0.4 is 5.73 Å². The van der Waals surface area contributed by atoms with Gasteiger partial charge in [0.1, 0.15) is 0 Å². The third kappa shape index (κ3) is 14.6. The monoisotopic (exact) mass is 400 g/mol. The van der Waals surface area contributed by atoms with E-state index in [1.54, 1.807) is 12.1 Å². The van der Waals surface area contributed by atoms with Crippen LogP contribution in [0.5, 0.6) is 0 Å². The van der Waals surface area contributed by atoms with Crippen molar-refractivity contribution in [3.05, 3.63) is 24.3 Å². The van der Waals surface area contributed by atoms with Crippen LogP contribution in [0, 0.1) is 0 Å². The predicted molar refractivity (Wildman–Crippen MR) is 83.7 cm³/mol. The summed E-state index contributed by atoms with van der Waals surface area (Å²) in [7, 11) is 0. The Labute approximate surface area is 143 Å². The Bertz CT molecular complexity index is 275. The van der Waals surface area contributed by atoms with Crippen LogP contribution in [-0.2, 0) is 60.2 Å². The molecule has 1 rings (SSSR count). The van der Waals surface area contributed by atoms with Crippen molar-refractivity contribution in [1.82, 2.24) is 4.90 Å². The molecule has 0 amide bonds. The summed E-state index contributed by atoms with van der Waals surface area (Å²) in [5.74, 6) is 1.65. The van der Waals surface area contributed by atoms with Gasteiger partial charge in [0, 0.05) is 5.69 Å². The molecule has 19 heavy (non-hydrogen) atoms. The fourth-order valence-corrected chi connectivity index (χ4v) is 1.81. The van der Waals surface area contributed by atoms with E-state index in [0.29, 0.717) is 0 Å². The number of nitrogens with two attached hydrogens (primary N) is 1. The van der Waals surface area contributed by atoms with E-state index in [2.05, 4.69) is 11.8 Å². The van der Waals surface area contributed by atoms with E-state index in [1.807, 2.05) is 12.1 Å². The maximum atomic E-state index is 8.22. The van der Waals surface area contributed by atoms with Crippen molar-refractivity contribution < 1.29 is 22.4 Å². The summed E-state index contributed by atoms with van der Waals surface area (Å²) in [4.78, 5) is 3.11. The predicted octanol–water partition coefficient (Wildman–Crippen LogP) is 1.46. The van der Waals surface area contributed by atoms with Gasteiger partial charge in [0.2, 0.25) is 0 Å². The molecule has 0 saturated carbocycles. The molecule has 0 unspecified atom stereocenters. The van der Waals surface area contributed by atoms with E-state index in [-0.39, 0.29) is 0 Å². The molecule has 3 nitrogen and oxygen atoms in total. The molecule has 108 valence electrons. The Kier molecular flexibility index (Phi) is 18.7. The first-order valence-corrected chi connectivity index (χ1v) is 8.02. The molecular weight excluding hydrogens is 382 g/mol. The Morgan fingerprint density at radius 1 is 1.11 bits per heavy atom. The third-order valence-electron chi connectivity index (χ3n) is 2.14. The van der Waals surface area contributed by atoms with Crippen molar-refractivity contribution in [3.8, 4) is 0 Å². The number of nitrogen functional groups attached to an aromatic ring is 1. The quantitative estimate of drug-likeness (QED) is 0.595. The molecule has 2 N–H and O–H groups in total. The van der Waals surface area contributed by atoms with Crippen LogP contribution in [0.1, 0.15) is 6.92 Å². The zero-order valence-electron chi connectivity index (χ0n) is 10.9. The van der Waals surface area contributed by atoms with E-state index >= 15 is 0 Å². The molecule has 0 fully saturated rings. The molecule has 7 heteroatoms. The average Bonchev–Trinajstić information content (AvgIpc) is 2.45. The van der Waals surface area contributed by atoms with Gasteiger partial charge >= 0.3 is 22.4 Å². The summed E-state index contributed by atoms with van der Waals surface area (Å²) in [6.07, 6.45) is 0. The zero-order chi connectivity index (χ0) is 15.1. The number of anilines is 1. The SMILES string of the molecule is CCN(CC[S-])CC[S-].Nc1ccc([S-])cc1.[O]=[Tc+3]. The number of benzene rings is 1. The molecule has 0 radical (unpaired) electrons. The van der Waals surface area contributed by atoms with E-state index in [1.165, 1.54) is 0 Å². The summed E-state index contributed by atoms with van der Waals surface area (Å²) >= 11 is 15.4. The first kappa shape index (κ1) is 21.6. The van der Waals surface area contributed by atoms with Gasteiger partial charge in [-0.25, -0.2) is 0 Å². The van der Waals surface area contributed by atoms with Crippen LogP contribution in [0.3, 0.4) is 0 Å². The molecule has 0 atom stereocenters. The molecular formula is C12H19N2OS3Tc. The van der Waals surface area contributed by atoms with Crippen LogP contribution in [0.15, 0.2) is 29.2 Å². The van der Waals surface area contributed by atoms with Crippen LogP contribution in [0.4, 0.5) is 5.69 Å². The van der Waals surface area contributed by atoms with Crippen molar-refractivity contribution in [2.24, 2.45) is 0 Å². The molecule has 0 aromatic heterocycles. The number of hydrogen-bond donors (Lipinski definition) is 1. The van der Waals surface area contributed by atoms with Gasteiger partial charge in [0.15, 0.2) is 0 Å². The first-order valence-electron chi connectivity index (χ1n) is 5.70. The first-order chi connectivity index (χ1) is 9.13. The summed E-state index contributed by atoms with van der Waals surface area (Å²) in [6.45, 7) is 5.24. The van der Waals surface area contributed by atoms with Gasteiger partial charge in [-0.3, -0.25) is 0 Å². The Hall–Kier alpha value is 0.349. The number of nitrogens with zero attached hydrogens (tertiary/aromatic N) is 1. The van der Waals surface area contributed by atoms with Gasteiger partial charge in [-0.05, 0) is 31.8 Å². The summed E-state index contributed by atoms with van der Waals surface area (Å²) < 4.78 is 8.22. The van der Waals surface area contributed by atoms with E-state index < -0.39 is 0 Å². The van der Waals surface area contributed by atoms with Crippen molar-refractivity contribution in [3.63, 3.8) is 0 Å². The van der Waals surface area contributed by atoms with Gasteiger partial charge < -0.3 is 48.5 Å². The van der Waals surface area contributed by atoms with E-state index in [0.717, 1.165) is 60.6 Å². The molecule has 0 aliphatic rings. The van der Waals surface area contributed by atoms with E-state index in [9.17, 15) is 0 Å². The van der Waals surface area contributed by atoms with Crippen LogP contribution >= 0.6 is 0 Å². The number of hydrogen-bond acceptors (Lipinski definition) is 6. The maximum absolute atomic E-state index is 8.22. The molecule has 1 aromatic rings. The van der Waals surface area contributed by atoms with Crippen LogP contribution in [0.25, 0.3) is 0 Å². The standard InChI is InChI=1S/C6H15NS2.C6H7NS.O.Tc/c1-2-7(3-5-8)4-6-9;7-5-1-3-6(8)4-2-5;;/h8-9H,2-6H2,1H3;1-4,8H,7H2;;/q;;;+3/p-3. The fourth-order valence-electron chi connectivity index (χ4n) is 1.15. The van der Waals surface area contributed by atoms with Gasteiger partial charge in [-0.15, -0.1) is 0 Å². The van der Waals surface area contributed by atoms with Gasteiger partial charge in [-0.1, -0.05) is 19.1 Å². The van der Waals surface area contributed by atoms with Gasteiger partial charge in [0.05, 0.1) is 0 Å². The van der Waals surface area contributed by atoms with Crippen LogP contribution in [-0.4, -0.2) is 36.0 Å². The average molecular weight is 401 g/mol. The summed E-state index contributed by atoms with van der Waals surface area (Å²) in [6, 6.07) is 7.21. The van der Waals surface area contributed by atoms with Gasteiger partial charge in [-0.2, -0.15) is 16.4 Å². The van der Waals surface area contributed by atoms with Crippen LogP contribution in [0.2, 0.25) is 0 Å². The Morgan fingerprint density at radius 2 is 1.53 bits per heavy atom. The normalized spacial score (nSPS) is 9.00. The van der Waals surface area contributed by atoms with Crippen molar-refractivity contribution in [2.45, 2.75) is 11.8 Å². The molecule has 0 saturated heterocycles.